The van der Waals surface area contributed by atoms with Crippen LogP contribution in [-0.4, -0.2) is 10.7 Å². The minimum atomic E-state index is -0.313. The lowest BCUT2D eigenvalue weighted by Gasteiger charge is -2.46. The van der Waals surface area contributed by atoms with Crippen molar-refractivity contribution in [1.29, 1.82) is 0 Å². The first-order valence-corrected chi connectivity index (χ1v) is 5.89. The van der Waals surface area contributed by atoms with Crippen molar-refractivity contribution < 1.29 is 5.11 Å². The summed E-state index contributed by atoms with van der Waals surface area (Å²) in [7, 11) is 0. The molecule has 3 aliphatic rings. The van der Waals surface area contributed by atoms with Crippen molar-refractivity contribution in [1.82, 2.24) is 0 Å². The molecule has 3 rings (SSSR count). The Balaban J connectivity index is 2.02. The summed E-state index contributed by atoms with van der Waals surface area (Å²) in [5.41, 5.74) is 0.0440. The van der Waals surface area contributed by atoms with Gasteiger partial charge in [0.15, 0.2) is 0 Å². The van der Waals surface area contributed by atoms with Gasteiger partial charge in [-0.25, -0.2) is 0 Å². The molecule has 0 amide bonds. The van der Waals surface area contributed by atoms with E-state index in [2.05, 4.69) is 6.92 Å². The third kappa shape index (κ3) is 0.782. The number of hydrogen-bond donors (Lipinski definition) is 1. The molecule has 1 nitrogen and oxygen atoms in total. The predicted octanol–water partition coefficient (Wildman–Crippen LogP) is 2.73. The minimum Gasteiger partial charge on any atom is -0.389 e. The molecule has 2 bridgehead atoms. The highest BCUT2D eigenvalue weighted by molar-refractivity contribution is 5.14. The lowest BCUT2D eigenvalue weighted by Crippen LogP contribution is -2.48. The molecule has 1 N–H and O–H groups in total. The lowest BCUT2D eigenvalue weighted by molar-refractivity contribution is -0.106. The third-order valence-electron chi connectivity index (χ3n) is 5.51. The van der Waals surface area contributed by atoms with Crippen LogP contribution in [0.15, 0.2) is 0 Å². The molecule has 0 radical (unpaired) electrons. The largest absolute Gasteiger partial charge is 0.389 e. The monoisotopic (exact) mass is 180 g/mol. The molecular formula is C12H20O. The van der Waals surface area contributed by atoms with E-state index in [0.29, 0.717) is 11.3 Å². The Labute approximate surface area is 80.5 Å². The highest BCUT2D eigenvalue weighted by Gasteiger charge is 2.64. The number of rotatable bonds is 0. The van der Waals surface area contributed by atoms with Crippen LogP contribution in [0.3, 0.4) is 0 Å². The summed E-state index contributed by atoms with van der Waals surface area (Å²) in [6.07, 6.45) is 9.36. The first-order chi connectivity index (χ1) is 6.17. The first kappa shape index (κ1) is 8.28. The van der Waals surface area contributed by atoms with Crippen molar-refractivity contribution >= 4 is 0 Å². The molecule has 3 fully saturated rings. The second-order valence-corrected chi connectivity index (χ2v) is 5.72. The highest BCUT2D eigenvalue weighted by atomic mass is 16.3. The van der Waals surface area contributed by atoms with E-state index in [9.17, 15) is 5.11 Å². The molecule has 13 heavy (non-hydrogen) atoms. The van der Waals surface area contributed by atoms with E-state index in [1.807, 2.05) is 0 Å². The Bertz CT molecular complexity index is 225. The zero-order chi connectivity index (χ0) is 9.10. The van der Waals surface area contributed by atoms with E-state index in [1.54, 1.807) is 0 Å². The number of fused-ring (bicyclic) bond motifs is 3. The summed E-state index contributed by atoms with van der Waals surface area (Å²) < 4.78 is 0. The topological polar surface area (TPSA) is 20.2 Å². The number of hydrogen-bond acceptors (Lipinski definition) is 1. The van der Waals surface area contributed by atoms with Gasteiger partial charge in [-0.3, -0.25) is 0 Å². The smallest absolute Gasteiger partial charge is 0.0706 e. The zero-order valence-corrected chi connectivity index (χ0v) is 8.55. The molecule has 0 aromatic rings. The molecule has 3 saturated carbocycles. The quantitative estimate of drug-likeness (QED) is 0.607. The fourth-order valence-electron chi connectivity index (χ4n) is 4.73. The molecule has 1 spiro atoms. The van der Waals surface area contributed by atoms with Crippen molar-refractivity contribution in [2.75, 3.05) is 0 Å². The van der Waals surface area contributed by atoms with E-state index in [4.69, 9.17) is 0 Å². The van der Waals surface area contributed by atoms with E-state index >= 15 is 0 Å². The molecule has 74 valence electrons. The van der Waals surface area contributed by atoms with E-state index in [-0.39, 0.29) is 5.60 Å². The van der Waals surface area contributed by atoms with Gasteiger partial charge in [-0.1, -0.05) is 12.8 Å². The normalized spacial score (nSPS) is 52.2. The summed E-state index contributed by atoms with van der Waals surface area (Å²) in [6, 6.07) is 0. The summed E-state index contributed by atoms with van der Waals surface area (Å²) in [5, 5.41) is 10.6. The summed E-state index contributed by atoms with van der Waals surface area (Å²) >= 11 is 0. The molecular weight excluding hydrogens is 160 g/mol. The molecule has 0 saturated heterocycles. The van der Waals surface area contributed by atoms with Crippen LogP contribution in [-0.2, 0) is 0 Å². The Kier molecular flexibility index (Phi) is 1.47. The van der Waals surface area contributed by atoms with Gasteiger partial charge in [-0.2, -0.15) is 0 Å². The summed E-state index contributed by atoms with van der Waals surface area (Å²) in [5.74, 6) is 1.51. The Hall–Kier alpha value is -0.0400. The SMILES string of the molecule is CC1(O)C2CCC(C2)C12CCCC2. The fourth-order valence-corrected chi connectivity index (χ4v) is 4.73. The van der Waals surface area contributed by atoms with Crippen molar-refractivity contribution in [2.24, 2.45) is 17.3 Å². The molecule has 0 aromatic carbocycles. The van der Waals surface area contributed by atoms with Crippen molar-refractivity contribution in [3.8, 4) is 0 Å². The summed E-state index contributed by atoms with van der Waals surface area (Å²) in [6.45, 7) is 2.13. The molecule has 3 aliphatic carbocycles. The lowest BCUT2D eigenvalue weighted by atomic mass is 9.63. The Morgan fingerprint density at radius 3 is 2.23 bits per heavy atom. The maximum Gasteiger partial charge on any atom is 0.0706 e. The Morgan fingerprint density at radius 2 is 1.69 bits per heavy atom. The van der Waals surface area contributed by atoms with Gasteiger partial charge in [-0.15, -0.1) is 0 Å². The predicted molar refractivity (Wildman–Crippen MR) is 52.4 cm³/mol. The molecule has 3 atom stereocenters. The maximum atomic E-state index is 10.6. The third-order valence-corrected chi connectivity index (χ3v) is 5.51. The standard InChI is InChI=1S/C12H20O/c1-11(13)9-4-5-10(8-9)12(11)6-2-3-7-12/h9-10,13H,2-8H2,1H3. The average molecular weight is 180 g/mol. The van der Waals surface area contributed by atoms with E-state index in [0.717, 1.165) is 5.92 Å². The maximum absolute atomic E-state index is 10.6. The zero-order valence-electron chi connectivity index (χ0n) is 8.55. The van der Waals surface area contributed by atoms with Gasteiger partial charge < -0.3 is 5.11 Å². The van der Waals surface area contributed by atoms with Crippen LogP contribution < -0.4 is 0 Å². The van der Waals surface area contributed by atoms with Crippen LogP contribution in [0.5, 0.6) is 0 Å². The van der Waals surface area contributed by atoms with Gasteiger partial charge in [0.05, 0.1) is 5.60 Å². The van der Waals surface area contributed by atoms with Gasteiger partial charge in [0.25, 0.3) is 0 Å². The fraction of sp³-hybridized carbons (Fsp3) is 1.00. The molecule has 0 aliphatic heterocycles. The van der Waals surface area contributed by atoms with Gasteiger partial charge >= 0.3 is 0 Å². The highest BCUT2D eigenvalue weighted by Crippen LogP contribution is 2.67. The van der Waals surface area contributed by atoms with Crippen molar-refractivity contribution in [3.63, 3.8) is 0 Å². The Morgan fingerprint density at radius 1 is 1.08 bits per heavy atom. The van der Waals surface area contributed by atoms with Gasteiger partial charge in [0.2, 0.25) is 0 Å². The van der Waals surface area contributed by atoms with Crippen LogP contribution in [0.4, 0.5) is 0 Å². The van der Waals surface area contributed by atoms with E-state index < -0.39 is 0 Å². The van der Waals surface area contributed by atoms with Gasteiger partial charge in [0.1, 0.15) is 0 Å². The van der Waals surface area contributed by atoms with Crippen molar-refractivity contribution in [3.05, 3.63) is 0 Å². The van der Waals surface area contributed by atoms with Gasteiger partial charge in [0, 0.05) is 5.41 Å². The minimum absolute atomic E-state index is 0.313. The van der Waals surface area contributed by atoms with Gasteiger partial charge in [-0.05, 0) is 50.9 Å². The second-order valence-electron chi connectivity index (χ2n) is 5.72. The molecule has 1 heteroatoms. The molecule has 0 heterocycles. The first-order valence-electron chi connectivity index (χ1n) is 5.89. The summed E-state index contributed by atoms with van der Waals surface area (Å²) in [4.78, 5) is 0. The van der Waals surface area contributed by atoms with Crippen LogP contribution >= 0.6 is 0 Å². The van der Waals surface area contributed by atoms with Crippen molar-refractivity contribution in [2.45, 2.75) is 57.5 Å². The van der Waals surface area contributed by atoms with Crippen LogP contribution in [0.1, 0.15) is 51.9 Å². The molecule has 0 aromatic heterocycles. The van der Waals surface area contributed by atoms with Crippen LogP contribution in [0.25, 0.3) is 0 Å². The van der Waals surface area contributed by atoms with Crippen LogP contribution in [0.2, 0.25) is 0 Å². The van der Waals surface area contributed by atoms with E-state index in [1.165, 1.54) is 44.9 Å². The number of aliphatic hydroxyl groups is 1. The molecule has 3 unspecified atom stereocenters. The van der Waals surface area contributed by atoms with Crippen LogP contribution in [0, 0.1) is 17.3 Å². The average Bonchev–Trinajstić information content (AvgIpc) is 2.75. The second kappa shape index (κ2) is 2.31.